The number of rotatable bonds is 2. The fourth-order valence-electron chi connectivity index (χ4n) is 3.45. The predicted molar refractivity (Wildman–Crippen MR) is 105 cm³/mol. The Morgan fingerprint density at radius 1 is 1.04 bits per heavy atom. The first-order chi connectivity index (χ1) is 13.5. The van der Waals surface area contributed by atoms with Crippen molar-refractivity contribution in [2.24, 2.45) is 0 Å². The molecule has 8 heteroatoms. The highest BCUT2D eigenvalue weighted by molar-refractivity contribution is 6.35. The summed E-state index contributed by atoms with van der Waals surface area (Å²) in [6.45, 7) is 0.893. The lowest BCUT2D eigenvalue weighted by molar-refractivity contribution is 0.181. The summed E-state index contributed by atoms with van der Waals surface area (Å²) in [4.78, 5) is 14.5. The van der Waals surface area contributed by atoms with Gasteiger partial charge in [0.15, 0.2) is 0 Å². The van der Waals surface area contributed by atoms with Gasteiger partial charge in [-0.2, -0.15) is 0 Å². The lowest BCUT2D eigenvalue weighted by atomic mass is 10.00. The minimum atomic E-state index is -0.838. The molecule has 144 valence electrons. The molecule has 28 heavy (non-hydrogen) atoms. The van der Waals surface area contributed by atoms with Gasteiger partial charge in [0.2, 0.25) is 0 Å². The first-order valence-electron chi connectivity index (χ1n) is 8.57. The molecule has 2 aromatic carbocycles. The third kappa shape index (κ3) is 3.34. The monoisotopic (exact) mass is 421 g/mol. The van der Waals surface area contributed by atoms with Crippen LogP contribution in [0.5, 0.6) is 0 Å². The van der Waals surface area contributed by atoms with Gasteiger partial charge < -0.3 is 14.8 Å². The van der Waals surface area contributed by atoms with Gasteiger partial charge in [-0.05, 0) is 42.0 Å². The number of nitrogens with one attached hydrogen (secondary N) is 1. The van der Waals surface area contributed by atoms with Gasteiger partial charge in [0.1, 0.15) is 23.4 Å². The van der Waals surface area contributed by atoms with E-state index >= 15 is 0 Å². The smallest absolute Gasteiger partial charge is 0.322 e. The van der Waals surface area contributed by atoms with Crippen molar-refractivity contribution in [3.63, 3.8) is 0 Å². The molecule has 1 atom stereocenters. The van der Waals surface area contributed by atoms with E-state index < -0.39 is 29.4 Å². The molecule has 1 N–H and O–H groups in total. The summed E-state index contributed by atoms with van der Waals surface area (Å²) in [5.41, 5.74) is 1.05. The second-order valence-electron chi connectivity index (χ2n) is 6.42. The molecule has 3 aromatic rings. The van der Waals surface area contributed by atoms with E-state index in [-0.39, 0.29) is 0 Å². The van der Waals surface area contributed by atoms with Gasteiger partial charge in [0.05, 0.1) is 0 Å². The molecule has 4 rings (SSSR count). The van der Waals surface area contributed by atoms with Crippen molar-refractivity contribution in [2.75, 3.05) is 11.9 Å². The number of urea groups is 1. The minimum absolute atomic E-state index is 0.340. The van der Waals surface area contributed by atoms with Gasteiger partial charge in [-0.3, -0.25) is 0 Å². The number of halogens is 4. The van der Waals surface area contributed by atoms with E-state index in [2.05, 4.69) is 5.32 Å². The Bertz CT molecular complexity index is 1030. The normalized spacial score (nSPS) is 16.0. The highest BCUT2D eigenvalue weighted by Gasteiger charge is 2.34. The number of para-hydroxylation sites is 1. The van der Waals surface area contributed by atoms with E-state index in [0.29, 0.717) is 28.7 Å². The summed E-state index contributed by atoms with van der Waals surface area (Å²) < 4.78 is 30.0. The van der Waals surface area contributed by atoms with E-state index in [1.54, 1.807) is 18.2 Å². The molecule has 0 aliphatic carbocycles. The Labute approximate surface area is 170 Å². The summed E-state index contributed by atoms with van der Waals surface area (Å²) in [6, 6.07) is 11.1. The number of carbonyl (C=O) groups is 1. The SMILES string of the molecule is O=C(Nc1c(F)cccc1F)N1CCn2cccc2C1c1ccc(Cl)cc1Cl. The molecule has 0 saturated heterocycles. The molecule has 1 unspecified atom stereocenters. The maximum atomic E-state index is 14.0. The van der Waals surface area contributed by atoms with Crippen LogP contribution < -0.4 is 5.32 Å². The third-order valence-electron chi connectivity index (χ3n) is 4.75. The Hall–Kier alpha value is -2.57. The molecule has 0 radical (unpaired) electrons. The molecular formula is C20H15Cl2F2N3O. The lowest BCUT2D eigenvalue weighted by Gasteiger charge is -2.37. The number of carbonyl (C=O) groups excluding carboxylic acids is 1. The molecular weight excluding hydrogens is 407 g/mol. The zero-order valence-corrected chi connectivity index (χ0v) is 16.0. The second-order valence-corrected chi connectivity index (χ2v) is 7.26. The van der Waals surface area contributed by atoms with Crippen LogP contribution in [0.4, 0.5) is 19.3 Å². The van der Waals surface area contributed by atoms with Crippen molar-refractivity contribution < 1.29 is 13.6 Å². The van der Waals surface area contributed by atoms with Gasteiger partial charge in [-0.15, -0.1) is 0 Å². The van der Waals surface area contributed by atoms with Crippen molar-refractivity contribution in [1.82, 2.24) is 9.47 Å². The Morgan fingerprint density at radius 3 is 2.50 bits per heavy atom. The number of amides is 2. The van der Waals surface area contributed by atoms with Crippen LogP contribution >= 0.6 is 23.2 Å². The molecule has 1 aliphatic rings. The highest BCUT2D eigenvalue weighted by Crippen LogP contribution is 2.37. The molecule has 4 nitrogen and oxygen atoms in total. The topological polar surface area (TPSA) is 37.3 Å². The molecule has 0 spiro atoms. The van der Waals surface area contributed by atoms with E-state index in [9.17, 15) is 13.6 Å². The Balaban J connectivity index is 1.73. The highest BCUT2D eigenvalue weighted by atomic mass is 35.5. The summed E-state index contributed by atoms with van der Waals surface area (Å²) in [7, 11) is 0. The van der Waals surface area contributed by atoms with Crippen LogP contribution in [0.15, 0.2) is 54.7 Å². The second kappa shape index (κ2) is 7.45. The van der Waals surface area contributed by atoms with Gasteiger partial charge >= 0.3 is 6.03 Å². The number of anilines is 1. The zero-order valence-electron chi connectivity index (χ0n) is 14.5. The predicted octanol–water partition coefficient (Wildman–Crippen LogP) is 5.71. The fourth-order valence-corrected chi connectivity index (χ4v) is 3.96. The van der Waals surface area contributed by atoms with Crippen molar-refractivity contribution in [3.8, 4) is 0 Å². The number of nitrogens with zero attached hydrogens (tertiary/aromatic N) is 2. The Kier molecular flexibility index (Phi) is 5.00. The molecule has 1 aromatic heterocycles. The van der Waals surface area contributed by atoms with Gasteiger partial charge in [-0.1, -0.05) is 35.3 Å². The number of hydrogen-bond donors (Lipinski definition) is 1. The fraction of sp³-hybridized carbons (Fsp3) is 0.150. The largest absolute Gasteiger partial charge is 0.348 e. The van der Waals surface area contributed by atoms with Crippen molar-refractivity contribution >= 4 is 34.9 Å². The van der Waals surface area contributed by atoms with Crippen LogP contribution in [-0.4, -0.2) is 22.0 Å². The van der Waals surface area contributed by atoms with Crippen LogP contribution in [0.1, 0.15) is 17.3 Å². The molecule has 0 bridgehead atoms. The van der Waals surface area contributed by atoms with Crippen molar-refractivity contribution in [3.05, 3.63) is 87.7 Å². The Morgan fingerprint density at radius 2 is 1.79 bits per heavy atom. The van der Waals surface area contributed by atoms with Gasteiger partial charge in [0, 0.05) is 35.0 Å². The summed E-state index contributed by atoms with van der Waals surface area (Å²) >= 11 is 12.4. The maximum Gasteiger partial charge on any atom is 0.322 e. The maximum absolute atomic E-state index is 14.0. The molecule has 2 heterocycles. The van der Waals surface area contributed by atoms with Crippen molar-refractivity contribution in [1.29, 1.82) is 0 Å². The first kappa shape index (κ1) is 18.8. The van der Waals surface area contributed by atoms with E-state index in [1.165, 1.54) is 11.0 Å². The molecule has 0 saturated carbocycles. The average Bonchev–Trinajstić information content (AvgIpc) is 3.13. The van der Waals surface area contributed by atoms with Crippen molar-refractivity contribution in [2.45, 2.75) is 12.6 Å². The molecule has 1 aliphatic heterocycles. The standard InChI is InChI=1S/C20H15Cl2F2N3O/c21-12-6-7-13(14(22)11-12)19-17-5-2-8-26(17)9-10-27(19)20(28)25-18-15(23)3-1-4-16(18)24/h1-8,11,19H,9-10H2,(H,25,28). The summed E-state index contributed by atoms with van der Waals surface area (Å²) in [6.07, 6.45) is 1.91. The van der Waals surface area contributed by atoms with Gasteiger partial charge in [-0.25, -0.2) is 13.6 Å². The number of fused-ring (bicyclic) bond motifs is 1. The van der Waals surface area contributed by atoms with E-state index in [0.717, 1.165) is 17.8 Å². The quantitative estimate of drug-likeness (QED) is 0.565. The first-order valence-corrected chi connectivity index (χ1v) is 9.33. The average molecular weight is 422 g/mol. The van der Waals surface area contributed by atoms with Crippen LogP contribution in [0.3, 0.4) is 0 Å². The lowest BCUT2D eigenvalue weighted by Crippen LogP contribution is -2.44. The van der Waals surface area contributed by atoms with Crippen LogP contribution in [0, 0.1) is 11.6 Å². The number of benzene rings is 2. The van der Waals surface area contributed by atoms with Gasteiger partial charge in [0.25, 0.3) is 0 Å². The molecule has 2 amide bonds. The van der Waals surface area contributed by atoms with Crippen LogP contribution in [0.2, 0.25) is 10.0 Å². The summed E-state index contributed by atoms with van der Waals surface area (Å²) in [5, 5.41) is 3.24. The number of hydrogen-bond acceptors (Lipinski definition) is 1. The van der Waals surface area contributed by atoms with E-state index in [1.807, 2.05) is 22.9 Å². The minimum Gasteiger partial charge on any atom is -0.348 e. The van der Waals surface area contributed by atoms with E-state index in [4.69, 9.17) is 23.2 Å². The third-order valence-corrected chi connectivity index (χ3v) is 5.31. The number of aromatic nitrogens is 1. The zero-order chi connectivity index (χ0) is 19.8. The van der Waals surface area contributed by atoms with Crippen LogP contribution in [-0.2, 0) is 6.54 Å². The van der Waals surface area contributed by atoms with Crippen LogP contribution in [0.25, 0.3) is 0 Å². The molecule has 0 fully saturated rings. The summed E-state index contributed by atoms with van der Waals surface area (Å²) in [5.74, 6) is -1.68.